The van der Waals surface area contributed by atoms with Gasteiger partial charge in [-0.2, -0.15) is 0 Å². The molecule has 2 atom stereocenters. The molecule has 0 saturated carbocycles. The first-order valence-electron chi connectivity index (χ1n) is 21.8. The Bertz CT molecular complexity index is 2460. The molecule has 6 aromatic rings. The third-order valence-electron chi connectivity index (χ3n) is 10.6. The van der Waals surface area contributed by atoms with Crippen LogP contribution in [0.25, 0.3) is 55.1 Å². The van der Waals surface area contributed by atoms with E-state index in [0.717, 1.165) is 98.8 Å². The van der Waals surface area contributed by atoms with Crippen molar-refractivity contribution >= 4 is 56.8 Å². The summed E-state index contributed by atoms with van der Waals surface area (Å²) in [5.41, 5.74) is 7.91. The van der Waals surface area contributed by atoms with Crippen LogP contribution in [0.5, 0.6) is 0 Å². The maximum Gasteiger partial charge on any atom is 0.407 e. The number of aromatic amines is 2. The summed E-state index contributed by atoms with van der Waals surface area (Å²) < 4.78 is 9.27. The molecular formula is C48H62N8O6. The number of H-pyrrole nitrogens is 2. The summed E-state index contributed by atoms with van der Waals surface area (Å²) in [4.78, 5) is 67.3. The molecule has 0 spiro atoms. The van der Waals surface area contributed by atoms with Crippen LogP contribution >= 0.6 is 0 Å². The number of carbonyl (C=O) groups excluding carboxylic acids is 4. The highest BCUT2D eigenvalue weighted by atomic mass is 16.5. The summed E-state index contributed by atoms with van der Waals surface area (Å²) in [5, 5.41) is 10.1. The Labute approximate surface area is 363 Å². The number of unbranched alkanes of at least 4 members (excludes halogenated alkanes) is 1. The number of alkyl carbamates (subject to hydrolysis) is 2. The number of ether oxygens (including phenoxy) is 2. The van der Waals surface area contributed by atoms with Gasteiger partial charge in [0.15, 0.2) is 0 Å². The highest BCUT2D eigenvalue weighted by molar-refractivity contribution is 6.05. The summed E-state index contributed by atoms with van der Waals surface area (Å²) in [7, 11) is 2.55. The standard InChI is InChI=1S/C43H48N8O6.C3H8.C2H6/c1-25(2)39(50-43(55)57-4)41(53)51-21-9-14-36(51)40-48-33-19-17-27(23-35(33)49-40)29-11-8-12-30-28(10-7-13-31(29)30)26-16-18-32-34(22-26)47-37(46-32)15-5-6-20-44-38(52)24-45-42(54)56-3;1-3-2;1-2/h7-8,10-13,16-19,22-23,25,36,39H,5-6,9,14-15,20-21,24H2,1-4H3,(H,44,52)(H,45,54)(H,46,47)(H,48,49)(H,50,55);3H2,1-2H3;1-2H3. The molecule has 5 N–H and O–H groups in total. The van der Waals surface area contributed by atoms with Gasteiger partial charge in [0.2, 0.25) is 11.8 Å². The van der Waals surface area contributed by atoms with E-state index in [-0.39, 0.29) is 30.3 Å². The van der Waals surface area contributed by atoms with E-state index in [1.165, 1.54) is 20.6 Å². The van der Waals surface area contributed by atoms with Crippen molar-refractivity contribution in [3.8, 4) is 22.3 Å². The van der Waals surface area contributed by atoms with E-state index in [1.807, 2.05) is 44.7 Å². The van der Waals surface area contributed by atoms with E-state index in [0.29, 0.717) is 13.1 Å². The molecule has 14 nitrogen and oxygen atoms in total. The Kier molecular flexibility index (Phi) is 16.9. The molecule has 2 unspecified atom stereocenters. The van der Waals surface area contributed by atoms with Crippen molar-refractivity contribution in [1.29, 1.82) is 0 Å². The largest absolute Gasteiger partial charge is 0.453 e. The predicted octanol–water partition coefficient (Wildman–Crippen LogP) is 9.21. The van der Waals surface area contributed by atoms with Crippen LogP contribution in [0.4, 0.5) is 9.59 Å². The Hall–Kier alpha value is -6.44. The molecule has 3 heterocycles. The van der Waals surface area contributed by atoms with Gasteiger partial charge in [-0.05, 0) is 88.9 Å². The average molecular weight is 847 g/mol. The van der Waals surface area contributed by atoms with Gasteiger partial charge in [-0.15, -0.1) is 0 Å². The molecule has 4 amide bonds. The lowest BCUT2D eigenvalue weighted by Gasteiger charge is -2.29. The average Bonchev–Trinajstić information content (AvgIpc) is 4.05. The van der Waals surface area contributed by atoms with Gasteiger partial charge in [0, 0.05) is 19.5 Å². The molecule has 1 aliphatic rings. The van der Waals surface area contributed by atoms with Crippen LogP contribution in [0.15, 0.2) is 72.8 Å². The minimum Gasteiger partial charge on any atom is -0.453 e. The maximum atomic E-state index is 13.7. The number of nitrogens with one attached hydrogen (secondary N) is 5. The van der Waals surface area contributed by atoms with Gasteiger partial charge >= 0.3 is 12.2 Å². The van der Waals surface area contributed by atoms with E-state index in [1.54, 1.807) is 0 Å². The van der Waals surface area contributed by atoms with Crippen molar-refractivity contribution in [3.05, 3.63) is 84.4 Å². The fraction of sp³-hybridized carbons (Fsp3) is 0.417. The van der Waals surface area contributed by atoms with Crippen molar-refractivity contribution in [3.63, 3.8) is 0 Å². The van der Waals surface area contributed by atoms with Crippen LogP contribution in [0.1, 0.15) is 91.3 Å². The fourth-order valence-corrected chi connectivity index (χ4v) is 7.64. The number of hydrogen-bond acceptors (Lipinski definition) is 8. The smallest absolute Gasteiger partial charge is 0.407 e. The lowest BCUT2D eigenvalue weighted by molar-refractivity contribution is -0.135. The van der Waals surface area contributed by atoms with E-state index >= 15 is 0 Å². The number of carbonyl (C=O) groups is 4. The SMILES string of the molecule is CC.CCC.COC(=O)NCC(=O)NCCCCc1nc2ccc(-c3cccc4c(-c5ccc6nc(C7CCCN7C(=O)C(NC(=O)OC)C(C)C)[nH]c6c5)cccc34)cc2[nH]1. The van der Waals surface area contributed by atoms with E-state index < -0.39 is 18.2 Å². The Balaban J connectivity index is 0.00000139. The Morgan fingerprint density at radius 3 is 1.98 bits per heavy atom. The highest BCUT2D eigenvalue weighted by Crippen LogP contribution is 2.37. The number of rotatable bonds is 13. The van der Waals surface area contributed by atoms with Gasteiger partial charge in [0.05, 0.1) is 48.9 Å². The summed E-state index contributed by atoms with van der Waals surface area (Å²) in [5.74, 6) is 1.12. The lowest BCUT2D eigenvalue weighted by atomic mass is 9.93. The van der Waals surface area contributed by atoms with Crippen LogP contribution in [0.2, 0.25) is 0 Å². The van der Waals surface area contributed by atoms with E-state index in [2.05, 4.69) is 105 Å². The topological polar surface area (TPSA) is 183 Å². The van der Waals surface area contributed by atoms with Gasteiger partial charge in [-0.1, -0.05) is 96.5 Å². The van der Waals surface area contributed by atoms with Gasteiger partial charge in [-0.3, -0.25) is 9.59 Å². The molecule has 4 aromatic carbocycles. The molecular weight excluding hydrogens is 785 g/mol. The van der Waals surface area contributed by atoms with E-state index in [9.17, 15) is 19.2 Å². The summed E-state index contributed by atoms with van der Waals surface area (Å²) in [6.45, 7) is 13.0. The second-order valence-corrected chi connectivity index (χ2v) is 15.4. The second-order valence-electron chi connectivity index (χ2n) is 15.4. The first-order chi connectivity index (χ1) is 30.0. The molecule has 2 aromatic heterocycles. The number of likely N-dealkylation sites (tertiary alicyclic amines) is 1. The molecule has 1 aliphatic heterocycles. The zero-order chi connectivity index (χ0) is 44.8. The summed E-state index contributed by atoms with van der Waals surface area (Å²) >= 11 is 0. The highest BCUT2D eigenvalue weighted by Gasteiger charge is 2.37. The van der Waals surface area contributed by atoms with Crippen molar-refractivity contribution in [2.75, 3.05) is 33.9 Å². The first-order valence-corrected chi connectivity index (χ1v) is 21.8. The summed E-state index contributed by atoms with van der Waals surface area (Å²) in [6.07, 6.45) is 3.96. The number of imidazole rings is 2. The molecule has 0 radical (unpaired) electrons. The zero-order valence-electron chi connectivity index (χ0n) is 37.3. The van der Waals surface area contributed by atoms with Crippen LogP contribution in [-0.4, -0.2) is 88.7 Å². The van der Waals surface area contributed by atoms with Gasteiger partial charge in [0.25, 0.3) is 0 Å². The quantitative estimate of drug-likeness (QED) is 0.0713. The van der Waals surface area contributed by atoms with Gasteiger partial charge in [0.1, 0.15) is 17.7 Å². The second kappa shape index (κ2) is 22.4. The number of benzene rings is 4. The summed E-state index contributed by atoms with van der Waals surface area (Å²) in [6, 6.07) is 24.4. The molecule has 14 heteroatoms. The molecule has 0 aliphatic carbocycles. The molecule has 0 bridgehead atoms. The Morgan fingerprint density at radius 1 is 0.790 bits per heavy atom. The number of nitrogens with zero attached hydrogens (tertiary/aromatic N) is 3. The zero-order valence-corrected chi connectivity index (χ0v) is 37.3. The molecule has 7 rings (SSSR count). The minimum atomic E-state index is -0.695. The Morgan fingerprint density at radius 2 is 1.39 bits per heavy atom. The maximum absolute atomic E-state index is 13.7. The number of aromatic nitrogens is 4. The van der Waals surface area contributed by atoms with Crippen molar-refractivity contribution in [2.45, 2.75) is 92.2 Å². The predicted molar refractivity (Wildman–Crippen MR) is 246 cm³/mol. The third-order valence-corrected chi connectivity index (χ3v) is 10.6. The number of fused-ring (bicyclic) bond motifs is 3. The first kappa shape index (κ1) is 46.6. The minimum absolute atomic E-state index is 0.111. The number of aryl methyl sites for hydroxylation is 1. The molecule has 62 heavy (non-hydrogen) atoms. The van der Waals surface area contributed by atoms with Crippen molar-refractivity contribution in [1.82, 2.24) is 40.8 Å². The van der Waals surface area contributed by atoms with Crippen LogP contribution in [0.3, 0.4) is 0 Å². The van der Waals surface area contributed by atoms with E-state index in [4.69, 9.17) is 14.7 Å². The van der Waals surface area contributed by atoms with Crippen molar-refractivity contribution < 1.29 is 28.7 Å². The fourth-order valence-electron chi connectivity index (χ4n) is 7.64. The lowest BCUT2D eigenvalue weighted by Crippen LogP contribution is -2.51. The number of hydrogen-bond donors (Lipinski definition) is 5. The molecule has 1 saturated heterocycles. The van der Waals surface area contributed by atoms with Crippen molar-refractivity contribution in [2.24, 2.45) is 5.92 Å². The van der Waals surface area contributed by atoms with Gasteiger partial charge in [-0.25, -0.2) is 19.6 Å². The number of amides is 4. The third kappa shape index (κ3) is 11.3. The molecule has 330 valence electrons. The van der Waals surface area contributed by atoms with Gasteiger partial charge < -0.3 is 40.3 Å². The van der Waals surface area contributed by atoms with Crippen LogP contribution in [0, 0.1) is 5.92 Å². The van der Waals surface area contributed by atoms with Crippen LogP contribution < -0.4 is 16.0 Å². The molecule has 1 fully saturated rings. The normalized spacial score (nSPS) is 13.8. The number of methoxy groups -OCH3 is 2. The van der Waals surface area contributed by atoms with Crippen LogP contribution in [-0.2, 0) is 25.5 Å². The monoisotopic (exact) mass is 846 g/mol.